The highest BCUT2D eigenvalue weighted by Crippen LogP contribution is 2.23. The minimum atomic E-state index is 0.184. The summed E-state index contributed by atoms with van der Waals surface area (Å²) in [6.07, 6.45) is 5.84. The van der Waals surface area contributed by atoms with Crippen molar-refractivity contribution in [3.8, 4) is 5.75 Å². The van der Waals surface area contributed by atoms with Crippen molar-refractivity contribution in [3.63, 3.8) is 0 Å². The second-order valence-corrected chi connectivity index (χ2v) is 7.99. The fourth-order valence-corrected chi connectivity index (χ4v) is 3.55. The number of aromatic nitrogens is 3. The van der Waals surface area contributed by atoms with Crippen LogP contribution in [0, 0.1) is 6.92 Å². The third kappa shape index (κ3) is 5.97. The summed E-state index contributed by atoms with van der Waals surface area (Å²) in [4.78, 5) is 4.79. The number of nitrogens with zero attached hydrogens (tertiary/aromatic N) is 4. The van der Waals surface area contributed by atoms with Crippen LogP contribution < -0.4 is 15.4 Å². The molecule has 164 valence electrons. The molecule has 0 bridgehead atoms. The van der Waals surface area contributed by atoms with E-state index in [0.29, 0.717) is 13.1 Å². The first-order valence-corrected chi connectivity index (χ1v) is 11.3. The molecule has 1 aliphatic heterocycles. The molecular formula is C23H36N6O. The van der Waals surface area contributed by atoms with Crippen molar-refractivity contribution in [1.29, 1.82) is 0 Å². The number of hydrogen-bond acceptors (Lipinski definition) is 4. The van der Waals surface area contributed by atoms with Crippen LogP contribution in [0.1, 0.15) is 69.2 Å². The van der Waals surface area contributed by atoms with E-state index in [1.165, 1.54) is 24.8 Å². The number of benzene rings is 1. The number of rotatable bonds is 8. The zero-order chi connectivity index (χ0) is 21.3. The summed E-state index contributed by atoms with van der Waals surface area (Å²) >= 11 is 0. The van der Waals surface area contributed by atoms with Crippen molar-refractivity contribution >= 4 is 5.96 Å². The maximum absolute atomic E-state index is 6.13. The van der Waals surface area contributed by atoms with Gasteiger partial charge in [0.2, 0.25) is 0 Å². The standard InChI is InChI=1S/C23H36N6O/c1-5-18(4)30-20-14-17(3)11-12-19(20)15-25-23(24-6-2)26-16-22-28-27-21-10-8-7-9-13-29(21)22/h11-12,14,18H,5-10,13,15-16H2,1-4H3,(H2,24,25,26). The minimum absolute atomic E-state index is 0.184. The van der Waals surface area contributed by atoms with Gasteiger partial charge in [-0.2, -0.15) is 0 Å². The molecular weight excluding hydrogens is 376 g/mol. The minimum Gasteiger partial charge on any atom is -0.490 e. The van der Waals surface area contributed by atoms with Crippen LogP contribution in [0.15, 0.2) is 23.2 Å². The smallest absolute Gasteiger partial charge is 0.191 e. The van der Waals surface area contributed by atoms with Gasteiger partial charge in [0.1, 0.15) is 11.6 Å². The Bertz CT molecular complexity index is 844. The van der Waals surface area contributed by atoms with E-state index < -0.39 is 0 Å². The zero-order valence-corrected chi connectivity index (χ0v) is 18.9. The lowest BCUT2D eigenvalue weighted by Gasteiger charge is -2.17. The summed E-state index contributed by atoms with van der Waals surface area (Å²) < 4.78 is 8.39. The summed E-state index contributed by atoms with van der Waals surface area (Å²) in [7, 11) is 0. The van der Waals surface area contributed by atoms with Crippen LogP contribution >= 0.6 is 0 Å². The molecule has 1 aromatic heterocycles. The summed E-state index contributed by atoms with van der Waals surface area (Å²) in [5, 5.41) is 15.5. The molecule has 7 nitrogen and oxygen atoms in total. The molecule has 3 rings (SSSR count). The molecule has 1 atom stereocenters. The molecule has 0 spiro atoms. The predicted molar refractivity (Wildman–Crippen MR) is 121 cm³/mol. The number of aliphatic imine (C=N–C) groups is 1. The van der Waals surface area contributed by atoms with E-state index in [-0.39, 0.29) is 6.10 Å². The highest BCUT2D eigenvalue weighted by atomic mass is 16.5. The highest BCUT2D eigenvalue weighted by molar-refractivity contribution is 5.79. The van der Waals surface area contributed by atoms with E-state index in [1.807, 2.05) is 0 Å². The first-order valence-electron chi connectivity index (χ1n) is 11.3. The lowest BCUT2D eigenvalue weighted by molar-refractivity contribution is 0.215. The molecule has 2 N–H and O–H groups in total. The average Bonchev–Trinajstić information content (AvgIpc) is 2.97. The molecule has 0 amide bonds. The SMILES string of the molecule is CCNC(=NCc1ccc(C)cc1OC(C)CC)NCc1nnc2n1CCCCC2. The van der Waals surface area contributed by atoms with Crippen molar-refractivity contribution in [2.75, 3.05) is 6.54 Å². The fraction of sp³-hybridized carbons (Fsp3) is 0.609. The highest BCUT2D eigenvalue weighted by Gasteiger charge is 2.15. The van der Waals surface area contributed by atoms with E-state index in [2.05, 4.69) is 71.3 Å². The van der Waals surface area contributed by atoms with E-state index in [0.717, 1.165) is 54.9 Å². The van der Waals surface area contributed by atoms with E-state index in [1.54, 1.807) is 0 Å². The van der Waals surface area contributed by atoms with Crippen LogP contribution in [0.2, 0.25) is 0 Å². The third-order valence-electron chi connectivity index (χ3n) is 5.48. The molecule has 0 radical (unpaired) electrons. The topological polar surface area (TPSA) is 76.4 Å². The Morgan fingerprint density at radius 3 is 2.87 bits per heavy atom. The molecule has 1 unspecified atom stereocenters. The van der Waals surface area contributed by atoms with Gasteiger partial charge in [0.25, 0.3) is 0 Å². The normalized spacial score (nSPS) is 15.3. The molecule has 1 aliphatic rings. The van der Waals surface area contributed by atoms with Crippen LogP contribution in [0.3, 0.4) is 0 Å². The Kier molecular flexibility index (Phi) is 8.11. The Morgan fingerprint density at radius 2 is 2.07 bits per heavy atom. The third-order valence-corrected chi connectivity index (χ3v) is 5.48. The Morgan fingerprint density at radius 1 is 1.20 bits per heavy atom. The quantitative estimate of drug-likeness (QED) is 0.510. The van der Waals surface area contributed by atoms with Crippen molar-refractivity contribution in [2.45, 2.75) is 85.5 Å². The molecule has 2 aromatic rings. The zero-order valence-electron chi connectivity index (χ0n) is 18.9. The summed E-state index contributed by atoms with van der Waals surface area (Å²) in [6.45, 7) is 11.4. The second-order valence-electron chi connectivity index (χ2n) is 7.99. The number of fused-ring (bicyclic) bond motifs is 1. The van der Waals surface area contributed by atoms with Crippen LogP contribution in [-0.4, -0.2) is 33.4 Å². The lowest BCUT2D eigenvalue weighted by Crippen LogP contribution is -2.37. The predicted octanol–water partition coefficient (Wildman–Crippen LogP) is 3.75. The molecule has 30 heavy (non-hydrogen) atoms. The van der Waals surface area contributed by atoms with Gasteiger partial charge in [0, 0.05) is 25.1 Å². The van der Waals surface area contributed by atoms with Crippen molar-refractivity contribution in [3.05, 3.63) is 41.0 Å². The van der Waals surface area contributed by atoms with E-state index in [9.17, 15) is 0 Å². The molecule has 1 aromatic carbocycles. The molecule has 0 aliphatic carbocycles. The summed E-state index contributed by atoms with van der Waals surface area (Å²) in [5.74, 6) is 3.79. The Labute approximate surface area is 180 Å². The van der Waals surface area contributed by atoms with Gasteiger partial charge in [-0.1, -0.05) is 25.5 Å². The molecule has 7 heteroatoms. The van der Waals surface area contributed by atoms with Crippen molar-refractivity contribution in [2.24, 2.45) is 4.99 Å². The maximum atomic E-state index is 6.13. The second kappa shape index (κ2) is 11.0. The van der Waals surface area contributed by atoms with Gasteiger partial charge in [-0.3, -0.25) is 0 Å². The van der Waals surface area contributed by atoms with E-state index >= 15 is 0 Å². The van der Waals surface area contributed by atoms with Gasteiger partial charge in [0.15, 0.2) is 11.8 Å². The molecule has 0 fully saturated rings. The van der Waals surface area contributed by atoms with Gasteiger partial charge in [-0.05, 0) is 51.7 Å². The number of ether oxygens (including phenoxy) is 1. The van der Waals surface area contributed by atoms with Crippen LogP contribution in [0.4, 0.5) is 0 Å². The molecule has 0 saturated heterocycles. The summed E-state index contributed by atoms with van der Waals surface area (Å²) in [5.41, 5.74) is 2.29. The molecule has 2 heterocycles. The van der Waals surface area contributed by atoms with Gasteiger partial charge in [-0.15, -0.1) is 10.2 Å². The van der Waals surface area contributed by atoms with Crippen molar-refractivity contribution < 1.29 is 4.74 Å². The number of guanidine groups is 1. The van der Waals surface area contributed by atoms with Gasteiger partial charge in [-0.25, -0.2) is 4.99 Å². The maximum Gasteiger partial charge on any atom is 0.191 e. The van der Waals surface area contributed by atoms with Crippen LogP contribution in [-0.2, 0) is 26.1 Å². The van der Waals surface area contributed by atoms with Gasteiger partial charge >= 0.3 is 0 Å². The summed E-state index contributed by atoms with van der Waals surface area (Å²) in [6, 6.07) is 6.32. The monoisotopic (exact) mass is 412 g/mol. The molecule has 0 saturated carbocycles. The van der Waals surface area contributed by atoms with E-state index in [4.69, 9.17) is 9.73 Å². The van der Waals surface area contributed by atoms with Crippen LogP contribution in [0.25, 0.3) is 0 Å². The average molecular weight is 413 g/mol. The van der Waals surface area contributed by atoms with Crippen LogP contribution in [0.5, 0.6) is 5.75 Å². The Balaban J connectivity index is 1.69. The Hall–Kier alpha value is -2.57. The fourth-order valence-electron chi connectivity index (χ4n) is 3.55. The lowest BCUT2D eigenvalue weighted by atomic mass is 10.1. The van der Waals surface area contributed by atoms with Crippen molar-refractivity contribution in [1.82, 2.24) is 25.4 Å². The number of hydrogen-bond donors (Lipinski definition) is 2. The van der Waals surface area contributed by atoms with Gasteiger partial charge in [0.05, 0.1) is 19.2 Å². The largest absolute Gasteiger partial charge is 0.490 e. The first-order chi connectivity index (χ1) is 14.6. The first kappa shape index (κ1) is 22.1. The van der Waals surface area contributed by atoms with Gasteiger partial charge < -0.3 is 19.9 Å². The number of nitrogens with one attached hydrogen (secondary N) is 2. The number of aryl methyl sites for hydroxylation is 2.